The van der Waals surface area contributed by atoms with Gasteiger partial charge in [-0.1, -0.05) is 74.5 Å². The molecule has 0 spiro atoms. The number of benzene rings is 3. The van der Waals surface area contributed by atoms with Gasteiger partial charge < -0.3 is 35.5 Å². The fourth-order valence-electron chi connectivity index (χ4n) is 6.40. The molecule has 0 bridgehead atoms. The Balaban J connectivity index is 1.45. The standard InChI is InChI=1S/C37H44N4O7/c1-23(2)18-31(34(43)37(46)47)39-36(45)32(20-27-22-38-30-13-6-5-12-29(27)30)40-35(44)26(21-33(42)41-14-16-48-17-15-41)19-25-10-7-9-24-8-3-4-11-28(24)25/h3-13,22-23,26,31-32,34,38,43H,14-21H2,1-2H3,(H,39,45)(H,40,44)(H,46,47)/t26?,31?,32-,34?/m0/s1. The van der Waals surface area contributed by atoms with Gasteiger partial charge in [-0.2, -0.15) is 0 Å². The maximum absolute atomic E-state index is 14.3. The molecule has 48 heavy (non-hydrogen) atoms. The number of carbonyl (C=O) groups excluding carboxylic acids is 3. The van der Waals surface area contributed by atoms with Gasteiger partial charge >= 0.3 is 5.97 Å². The highest BCUT2D eigenvalue weighted by Crippen LogP contribution is 2.25. The second kappa shape index (κ2) is 15.9. The summed E-state index contributed by atoms with van der Waals surface area (Å²) in [6, 6.07) is 19.1. The summed E-state index contributed by atoms with van der Waals surface area (Å²) in [4.78, 5) is 58.4. The Bertz CT molecular complexity index is 1740. The minimum atomic E-state index is -1.83. The molecule has 254 valence electrons. The van der Waals surface area contributed by atoms with Crippen molar-refractivity contribution in [1.82, 2.24) is 20.5 Å². The van der Waals surface area contributed by atoms with Crippen molar-refractivity contribution in [3.63, 3.8) is 0 Å². The molecule has 5 N–H and O–H groups in total. The molecule has 0 aliphatic carbocycles. The number of carboxylic acid groups (broad SMARTS) is 1. The highest BCUT2D eigenvalue weighted by molar-refractivity contribution is 5.93. The fourth-order valence-corrected chi connectivity index (χ4v) is 6.40. The molecule has 4 aromatic rings. The highest BCUT2D eigenvalue weighted by Gasteiger charge is 2.34. The lowest BCUT2D eigenvalue weighted by Gasteiger charge is -2.29. The van der Waals surface area contributed by atoms with Crippen molar-refractivity contribution in [2.45, 2.75) is 57.7 Å². The molecule has 11 heteroatoms. The summed E-state index contributed by atoms with van der Waals surface area (Å²) in [6.07, 6.45) is 0.459. The quantitative estimate of drug-likeness (QED) is 0.139. The van der Waals surface area contributed by atoms with Crippen LogP contribution in [0.15, 0.2) is 72.9 Å². The summed E-state index contributed by atoms with van der Waals surface area (Å²) in [6.45, 7) is 5.47. The molecule has 0 saturated carbocycles. The van der Waals surface area contributed by atoms with Gasteiger partial charge in [0.1, 0.15) is 6.04 Å². The van der Waals surface area contributed by atoms with E-state index in [-0.39, 0.29) is 37.5 Å². The van der Waals surface area contributed by atoms with E-state index in [0.29, 0.717) is 26.3 Å². The first kappa shape index (κ1) is 34.6. The smallest absolute Gasteiger partial charge is 0.334 e. The van der Waals surface area contributed by atoms with Gasteiger partial charge in [0.2, 0.25) is 17.7 Å². The number of morpholine rings is 1. The zero-order valence-electron chi connectivity index (χ0n) is 27.4. The summed E-state index contributed by atoms with van der Waals surface area (Å²) in [7, 11) is 0. The van der Waals surface area contributed by atoms with Crippen LogP contribution in [0.25, 0.3) is 21.7 Å². The van der Waals surface area contributed by atoms with Crippen LogP contribution in [0.3, 0.4) is 0 Å². The molecule has 3 amide bonds. The van der Waals surface area contributed by atoms with Crippen molar-refractivity contribution in [3.8, 4) is 0 Å². The fraction of sp³-hybridized carbons (Fsp3) is 0.405. The van der Waals surface area contributed by atoms with E-state index in [1.165, 1.54) is 0 Å². The monoisotopic (exact) mass is 656 g/mol. The Morgan fingerprint density at radius 3 is 2.27 bits per heavy atom. The molecule has 4 atom stereocenters. The SMILES string of the molecule is CC(C)CC(NC(=O)[C@H](Cc1c[nH]c2ccccc12)NC(=O)C(CC(=O)N1CCOCC1)Cc1cccc2ccccc12)C(O)C(=O)O. The Kier molecular flexibility index (Phi) is 11.5. The molecule has 5 rings (SSSR count). The van der Waals surface area contributed by atoms with Gasteiger partial charge in [-0.15, -0.1) is 0 Å². The Hall–Kier alpha value is -4.74. The number of ether oxygens (including phenoxy) is 1. The number of fused-ring (bicyclic) bond motifs is 2. The van der Waals surface area contributed by atoms with Crippen LogP contribution < -0.4 is 10.6 Å². The third kappa shape index (κ3) is 8.59. The zero-order valence-corrected chi connectivity index (χ0v) is 27.4. The number of carboxylic acids is 1. The second-order valence-corrected chi connectivity index (χ2v) is 12.9. The van der Waals surface area contributed by atoms with Crippen LogP contribution in [0, 0.1) is 11.8 Å². The van der Waals surface area contributed by atoms with E-state index in [2.05, 4.69) is 15.6 Å². The van der Waals surface area contributed by atoms with Crippen LogP contribution >= 0.6 is 0 Å². The number of nitrogens with zero attached hydrogens (tertiary/aromatic N) is 1. The molecule has 2 heterocycles. The molecular weight excluding hydrogens is 612 g/mol. The van der Waals surface area contributed by atoms with Gasteiger partial charge in [0, 0.05) is 43.0 Å². The van der Waals surface area contributed by atoms with E-state index >= 15 is 0 Å². The lowest BCUT2D eigenvalue weighted by molar-refractivity contribution is -0.149. The molecule has 1 saturated heterocycles. The van der Waals surface area contributed by atoms with Gasteiger partial charge in [-0.3, -0.25) is 14.4 Å². The molecule has 1 aliphatic rings. The maximum Gasteiger partial charge on any atom is 0.334 e. The average molecular weight is 657 g/mol. The average Bonchev–Trinajstić information content (AvgIpc) is 3.49. The predicted molar refractivity (Wildman–Crippen MR) is 182 cm³/mol. The number of aromatic nitrogens is 1. The van der Waals surface area contributed by atoms with E-state index in [4.69, 9.17) is 4.74 Å². The first-order valence-electron chi connectivity index (χ1n) is 16.5. The number of nitrogens with one attached hydrogen (secondary N) is 3. The van der Waals surface area contributed by atoms with E-state index in [9.17, 15) is 29.4 Å². The molecular formula is C37H44N4O7. The topological polar surface area (TPSA) is 161 Å². The molecule has 11 nitrogen and oxygen atoms in total. The van der Waals surface area contributed by atoms with Gasteiger partial charge in [0.05, 0.1) is 25.2 Å². The number of aliphatic carboxylic acids is 1. The largest absolute Gasteiger partial charge is 0.479 e. The van der Waals surface area contributed by atoms with Crippen LogP contribution in [0.5, 0.6) is 0 Å². The molecule has 1 aromatic heterocycles. The minimum Gasteiger partial charge on any atom is -0.479 e. The van der Waals surface area contributed by atoms with E-state index in [1.54, 1.807) is 11.1 Å². The number of para-hydroxylation sites is 1. The molecule has 1 aliphatic heterocycles. The number of aromatic amines is 1. The number of aliphatic hydroxyl groups is 1. The van der Waals surface area contributed by atoms with Crippen molar-refractivity contribution >= 4 is 45.4 Å². The number of aliphatic hydroxyl groups excluding tert-OH is 1. The van der Waals surface area contributed by atoms with Crippen molar-refractivity contribution in [2.75, 3.05) is 26.3 Å². The van der Waals surface area contributed by atoms with Crippen LogP contribution in [0.4, 0.5) is 0 Å². The number of carbonyl (C=O) groups is 4. The van der Waals surface area contributed by atoms with Crippen molar-refractivity contribution in [2.24, 2.45) is 11.8 Å². The maximum atomic E-state index is 14.3. The first-order chi connectivity index (χ1) is 23.1. The third-order valence-electron chi connectivity index (χ3n) is 8.92. The Morgan fingerprint density at radius 2 is 1.54 bits per heavy atom. The van der Waals surface area contributed by atoms with Crippen LogP contribution in [-0.2, 0) is 36.8 Å². The number of amides is 3. The normalized spacial score (nSPS) is 16.0. The summed E-state index contributed by atoms with van der Waals surface area (Å²) < 4.78 is 5.42. The molecule has 3 unspecified atom stereocenters. The molecule has 0 radical (unpaired) electrons. The number of H-pyrrole nitrogens is 1. The molecule has 3 aromatic carbocycles. The molecule has 1 fully saturated rings. The summed E-state index contributed by atoms with van der Waals surface area (Å²) in [5.74, 6) is -3.54. The first-order valence-corrected chi connectivity index (χ1v) is 16.5. The van der Waals surface area contributed by atoms with Crippen LogP contribution in [0.2, 0.25) is 0 Å². The van der Waals surface area contributed by atoms with Gasteiger partial charge in [0.15, 0.2) is 6.10 Å². The van der Waals surface area contributed by atoms with Gasteiger partial charge in [0.25, 0.3) is 0 Å². The zero-order chi connectivity index (χ0) is 34.2. The van der Waals surface area contributed by atoms with Crippen molar-refractivity contribution in [3.05, 3.63) is 84.1 Å². The van der Waals surface area contributed by atoms with Crippen molar-refractivity contribution in [1.29, 1.82) is 0 Å². The van der Waals surface area contributed by atoms with E-state index in [1.807, 2.05) is 80.6 Å². The van der Waals surface area contributed by atoms with Crippen LogP contribution in [0.1, 0.15) is 37.8 Å². The van der Waals surface area contributed by atoms with Crippen molar-refractivity contribution < 1.29 is 34.1 Å². The summed E-state index contributed by atoms with van der Waals surface area (Å²) >= 11 is 0. The van der Waals surface area contributed by atoms with Gasteiger partial charge in [-0.05, 0) is 46.7 Å². The third-order valence-corrected chi connectivity index (χ3v) is 8.92. The minimum absolute atomic E-state index is 0.0257. The second-order valence-electron chi connectivity index (χ2n) is 12.9. The highest BCUT2D eigenvalue weighted by atomic mass is 16.5. The van der Waals surface area contributed by atoms with Crippen LogP contribution in [-0.4, -0.2) is 88.3 Å². The lowest BCUT2D eigenvalue weighted by atomic mass is 9.91. The summed E-state index contributed by atoms with van der Waals surface area (Å²) in [5, 5.41) is 28.5. The number of hydrogen-bond acceptors (Lipinski definition) is 6. The summed E-state index contributed by atoms with van der Waals surface area (Å²) in [5.41, 5.74) is 2.55. The predicted octanol–water partition coefficient (Wildman–Crippen LogP) is 3.43. The Labute approximate surface area is 279 Å². The van der Waals surface area contributed by atoms with Gasteiger partial charge in [-0.25, -0.2) is 4.79 Å². The lowest BCUT2D eigenvalue weighted by Crippen LogP contribution is -2.56. The Morgan fingerprint density at radius 1 is 0.854 bits per heavy atom. The number of hydrogen-bond donors (Lipinski definition) is 5. The van der Waals surface area contributed by atoms with E-state index in [0.717, 1.165) is 32.8 Å². The van der Waals surface area contributed by atoms with E-state index < -0.39 is 41.9 Å². The number of rotatable bonds is 14.